The van der Waals surface area contributed by atoms with Crippen molar-refractivity contribution >= 4 is 23.6 Å². The van der Waals surface area contributed by atoms with Gasteiger partial charge in [0.1, 0.15) is 0 Å². The van der Waals surface area contributed by atoms with E-state index < -0.39 is 0 Å². The van der Waals surface area contributed by atoms with Gasteiger partial charge in [0, 0.05) is 44.3 Å². The molecule has 2 aromatic rings. The van der Waals surface area contributed by atoms with E-state index in [9.17, 15) is 9.59 Å². The predicted molar refractivity (Wildman–Crippen MR) is 102 cm³/mol. The molecule has 2 heterocycles. The minimum Gasteiger partial charge on any atom is -0.450 e. The van der Waals surface area contributed by atoms with Gasteiger partial charge in [0.25, 0.3) is 5.91 Å². The molecule has 1 aliphatic heterocycles. The molecule has 3 rings (SSSR count). The Morgan fingerprint density at radius 2 is 1.85 bits per heavy atom. The maximum Gasteiger partial charge on any atom is 0.409 e. The van der Waals surface area contributed by atoms with Crippen molar-refractivity contribution in [2.75, 3.05) is 43.0 Å². The Balaban J connectivity index is 1.57. The number of hydrogen-bond acceptors (Lipinski definition) is 6. The highest BCUT2D eigenvalue weighted by Gasteiger charge is 2.23. The molecule has 1 N–H and O–H groups in total. The first-order valence-corrected chi connectivity index (χ1v) is 8.93. The van der Waals surface area contributed by atoms with Gasteiger partial charge in [-0.15, -0.1) is 0 Å². The lowest BCUT2D eigenvalue weighted by Crippen LogP contribution is -2.49. The maximum absolute atomic E-state index is 12.3. The number of rotatable bonds is 4. The van der Waals surface area contributed by atoms with Crippen molar-refractivity contribution in [3.63, 3.8) is 0 Å². The van der Waals surface area contributed by atoms with Gasteiger partial charge in [-0.3, -0.25) is 4.79 Å². The maximum atomic E-state index is 12.3. The number of benzene rings is 1. The Labute approximate surface area is 158 Å². The molecule has 142 valence electrons. The summed E-state index contributed by atoms with van der Waals surface area (Å²) in [6.45, 7) is 6.47. The molecule has 8 heteroatoms. The van der Waals surface area contributed by atoms with E-state index in [-0.39, 0.29) is 12.0 Å². The van der Waals surface area contributed by atoms with Crippen LogP contribution < -0.4 is 10.2 Å². The van der Waals surface area contributed by atoms with Crippen LogP contribution in [0.25, 0.3) is 0 Å². The van der Waals surface area contributed by atoms with Crippen LogP contribution in [0, 0.1) is 6.92 Å². The quantitative estimate of drug-likeness (QED) is 0.890. The Bertz CT molecular complexity index is 801. The number of nitrogens with zero attached hydrogens (tertiary/aromatic N) is 4. The van der Waals surface area contributed by atoms with E-state index in [0.717, 1.165) is 11.3 Å². The van der Waals surface area contributed by atoms with E-state index in [2.05, 4.69) is 15.3 Å². The van der Waals surface area contributed by atoms with Crippen LogP contribution in [0.15, 0.2) is 36.7 Å². The van der Waals surface area contributed by atoms with Crippen molar-refractivity contribution in [1.29, 1.82) is 0 Å². The monoisotopic (exact) mass is 369 g/mol. The SMILES string of the molecule is CCOC(=O)N1CCN(c2ncc(C(=O)Nc3cccc(C)c3)cn2)CC1. The molecule has 1 aliphatic rings. The largest absolute Gasteiger partial charge is 0.450 e. The van der Waals surface area contributed by atoms with Crippen LogP contribution in [0.4, 0.5) is 16.4 Å². The summed E-state index contributed by atoms with van der Waals surface area (Å²) in [5, 5.41) is 2.84. The van der Waals surface area contributed by atoms with Gasteiger partial charge in [-0.05, 0) is 31.5 Å². The van der Waals surface area contributed by atoms with Gasteiger partial charge in [0.15, 0.2) is 0 Å². The third-order valence-corrected chi connectivity index (χ3v) is 4.26. The summed E-state index contributed by atoms with van der Waals surface area (Å²) < 4.78 is 5.01. The van der Waals surface area contributed by atoms with Crippen LogP contribution in [0.2, 0.25) is 0 Å². The standard InChI is InChI=1S/C19H23N5O3/c1-3-27-19(26)24-9-7-23(8-10-24)18-20-12-15(13-21-18)17(25)22-16-6-4-5-14(2)11-16/h4-6,11-13H,3,7-10H2,1-2H3,(H,22,25). The molecule has 1 saturated heterocycles. The number of carbonyl (C=O) groups excluding carboxylic acids is 2. The average Bonchev–Trinajstić information content (AvgIpc) is 2.68. The average molecular weight is 369 g/mol. The van der Waals surface area contributed by atoms with Gasteiger partial charge >= 0.3 is 6.09 Å². The summed E-state index contributed by atoms with van der Waals surface area (Å²) in [5.41, 5.74) is 2.20. The van der Waals surface area contributed by atoms with E-state index in [1.54, 1.807) is 11.8 Å². The normalized spacial score (nSPS) is 14.0. The molecule has 1 fully saturated rings. The summed E-state index contributed by atoms with van der Waals surface area (Å²) in [4.78, 5) is 36.3. The number of anilines is 2. The minimum absolute atomic E-state index is 0.251. The third-order valence-electron chi connectivity index (χ3n) is 4.26. The Kier molecular flexibility index (Phi) is 5.85. The molecule has 8 nitrogen and oxygen atoms in total. The summed E-state index contributed by atoms with van der Waals surface area (Å²) in [7, 11) is 0. The van der Waals surface area contributed by atoms with Crippen molar-refractivity contribution in [1.82, 2.24) is 14.9 Å². The van der Waals surface area contributed by atoms with Gasteiger partial charge < -0.3 is 19.9 Å². The summed E-state index contributed by atoms with van der Waals surface area (Å²) in [6, 6.07) is 7.59. The molecule has 0 aliphatic carbocycles. The molecule has 1 aromatic carbocycles. The molecule has 27 heavy (non-hydrogen) atoms. The van der Waals surface area contributed by atoms with E-state index in [4.69, 9.17) is 4.74 Å². The number of hydrogen-bond donors (Lipinski definition) is 1. The van der Waals surface area contributed by atoms with Crippen LogP contribution in [0.1, 0.15) is 22.8 Å². The number of carbonyl (C=O) groups is 2. The van der Waals surface area contributed by atoms with Crippen LogP contribution >= 0.6 is 0 Å². The summed E-state index contributed by atoms with van der Waals surface area (Å²) in [5.74, 6) is 0.296. The van der Waals surface area contributed by atoms with Crippen LogP contribution in [0.3, 0.4) is 0 Å². The first-order valence-electron chi connectivity index (χ1n) is 8.93. The van der Waals surface area contributed by atoms with E-state index >= 15 is 0 Å². The highest BCUT2D eigenvalue weighted by molar-refractivity contribution is 6.03. The second kappa shape index (κ2) is 8.48. The van der Waals surface area contributed by atoms with E-state index in [0.29, 0.717) is 44.3 Å². The van der Waals surface area contributed by atoms with Crippen LogP contribution in [-0.4, -0.2) is 59.7 Å². The van der Waals surface area contributed by atoms with E-state index in [1.165, 1.54) is 12.4 Å². The fourth-order valence-corrected chi connectivity index (χ4v) is 2.83. The van der Waals surface area contributed by atoms with Gasteiger partial charge in [-0.1, -0.05) is 12.1 Å². The second-order valence-corrected chi connectivity index (χ2v) is 6.27. The number of amides is 2. The fourth-order valence-electron chi connectivity index (χ4n) is 2.83. The fraction of sp³-hybridized carbons (Fsp3) is 0.368. The molecule has 0 bridgehead atoms. The molecule has 1 aromatic heterocycles. The molecule has 0 spiro atoms. The lowest BCUT2D eigenvalue weighted by atomic mass is 10.2. The first-order chi connectivity index (χ1) is 13.1. The van der Waals surface area contributed by atoms with Gasteiger partial charge in [-0.2, -0.15) is 0 Å². The third kappa shape index (κ3) is 4.72. The molecule has 2 amide bonds. The topological polar surface area (TPSA) is 87.7 Å². The Morgan fingerprint density at radius 1 is 1.15 bits per heavy atom. The molecule has 0 atom stereocenters. The highest BCUT2D eigenvalue weighted by atomic mass is 16.6. The minimum atomic E-state index is -0.291. The summed E-state index contributed by atoms with van der Waals surface area (Å²) in [6.07, 6.45) is 2.75. The number of aromatic nitrogens is 2. The Hall–Kier alpha value is -3.16. The van der Waals surface area contributed by atoms with Crippen molar-refractivity contribution in [3.05, 3.63) is 47.8 Å². The second-order valence-electron chi connectivity index (χ2n) is 6.27. The zero-order valence-corrected chi connectivity index (χ0v) is 15.5. The number of ether oxygens (including phenoxy) is 1. The Morgan fingerprint density at radius 3 is 2.48 bits per heavy atom. The van der Waals surface area contributed by atoms with Crippen molar-refractivity contribution in [2.45, 2.75) is 13.8 Å². The van der Waals surface area contributed by atoms with Crippen molar-refractivity contribution < 1.29 is 14.3 Å². The van der Waals surface area contributed by atoms with Crippen LogP contribution in [0.5, 0.6) is 0 Å². The molecule has 0 radical (unpaired) electrons. The molecular formula is C19H23N5O3. The number of nitrogens with one attached hydrogen (secondary N) is 1. The number of piperazine rings is 1. The van der Waals surface area contributed by atoms with Crippen molar-refractivity contribution in [2.24, 2.45) is 0 Å². The number of aryl methyl sites for hydroxylation is 1. The van der Waals surface area contributed by atoms with Gasteiger partial charge in [0.2, 0.25) is 5.95 Å². The molecule has 0 saturated carbocycles. The molecular weight excluding hydrogens is 346 g/mol. The van der Waals surface area contributed by atoms with E-state index in [1.807, 2.05) is 36.1 Å². The molecule has 0 unspecified atom stereocenters. The highest BCUT2D eigenvalue weighted by Crippen LogP contribution is 2.14. The smallest absolute Gasteiger partial charge is 0.409 e. The van der Waals surface area contributed by atoms with Gasteiger partial charge in [0.05, 0.1) is 12.2 Å². The first kappa shape index (κ1) is 18.6. The zero-order chi connectivity index (χ0) is 19.2. The van der Waals surface area contributed by atoms with Crippen LogP contribution in [-0.2, 0) is 4.74 Å². The van der Waals surface area contributed by atoms with Crippen molar-refractivity contribution in [3.8, 4) is 0 Å². The summed E-state index contributed by atoms with van der Waals surface area (Å²) >= 11 is 0. The lowest BCUT2D eigenvalue weighted by Gasteiger charge is -2.33. The lowest BCUT2D eigenvalue weighted by molar-refractivity contribution is 0.102. The predicted octanol–water partition coefficient (Wildman–Crippen LogP) is 2.32. The zero-order valence-electron chi connectivity index (χ0n) is 15.5. The van der Waals surface area contributed by atoms with Gasteiger partial charge in [-0.25, -0.2) is 14.8 Å².